The number of halogens is 3. The molecule has 0 atom stereocenters. The zero-order valence-electron chi connectivity index (χ0n) is 12.5. The SMILES string of the molecule is [C-]#[N+]c1ccc(C#Cc2ccc(CCC)cc2)c(C(F)(F)F)c1. The highest BCUT2D eigenvalue weighted by Crippen LogP contribution is 2.34. The molecule has 4 heteroatoms. The van der Waals surface area contributed by atoms with E-state index < -0.39 is 11.7 Å². The maximum absolute atomic E-state index is 13.1. The molecule has 0 heterocycles. The minimum absolute atomic E-state index is 0.0493. The van der Waals surface area contributed by atoms with E-state index in [2.05, 4.69) is 23.6 Å². The van der Waals surface area contributed by atoms with Crippen molar-refractivity contribution >= 4 is 5.69 Å². The van der Waals surface area contributed by atoms with Gasteiger partial charge in [-0.15, -0.1) is 0 Å². The Kier molecular flexibility index (Phi) is 5.09. The zero-order valence-corrected chi connectivity index (χ0v) is 12.5. The summed E-state index contributed by atoms with van der Waals surface area (Å²) >= 11 is 0. The third-order valence-electron chi connectivity index (χ3n) is 3.27. The Balaban J connectivity index is 2.35. The van der Waals surface area contributed by atoms with Gasteiger partial charge in [0.1, 0.15) is 0 Å². The van der Waals surface area contributed by atoms with Gasteiger partial charge in [-0.05, 0) is 30.2 Å². The van der Waals surface area contributed by atoms with Gasteiger partial charge < -0.3 is 0 Å². The van der Waals surface area contributed by atoms with Gasteiger partial charge >= 0.3 is 6.18 Å². The van der Waals surface area contributed by atoms with Crippen molar-refractivity contribution in [3.05, 3.63) is 76.1 Å². The molecule has 2 aromatic carbocycles. The van der Waals surface area contributed by atoms with Crippen LogP contribution in [0.2, 0.25) is 0 Å². The predicted molar refractivity (Wildman–Crippen MR) is 84.1 cm³/mol. The quantitative estimate of drug-likeness (QED) is 0.501. The van der Waals surface area contributed by atoms with Crippen LogP contribution in [0.15, 0.2) is 42.5 Å². The molecule has 0 saturated heterocycles. The van der Waals surface area contributed by atoms with Crippen LogP contribution in [0, 0.1) is 18.4 Å². The van der Waals surface area contributed by atoms with Crippen LogP contribution in [0.1, 0.15) is 35.6 Å². The monoisotopic (exact) mass is 313 g/mol. The molecular formula is C19H14F3N. The molecule has 0 bridgehead atoms. The summed E-state index contributed by atoms with van der Waals surface area (Å²) in [7, 11) is 0. The predicted octanol–water partition coefficient (Wildman–Crippen LogP) is 5.61. The van der Waals surface area contributed by atoms with E-state index in [1.807, 2.05) is 12.1 Å². The highest BCUT2D eigenvalue weighted by atomic mass is 19.4. The Bertz CT molecular complexity index is 785. The molecule has 0 aliphatic rings. The molecule has 23 heavy (non-hydrogen) atoms. The lowest BCUT2D eigenvalue weighted by Crippen LogP contribution is -2.07. The van der Waals surface area contributed by atoms with Crippen LogP contribution in [-0.4, -0.2) is 0 Å². The molecule has 0 unspecified atom stereocenters. The first-order valence-corrected chi connectivity index (χ1v) is 7.13. The van der Waals surface area contributed by atoms with Gasteiger partial charge in [-0.3, -0.25) is 0 Å². The second-order valence-electron chi connectivity index (χ2n) is 5.04. The molecule has 0 saturated carbocycles. The van der Waals surface area contributed by atoms with Crippen molar-refractivity contribution in [3.63, 3.8) is 0 Å². The number of hydrogen-bond donors (Lipinski definition) is 0. The van der Waals surface area contributed by atoms with Gasteiger partial charge in [0.25, 0.3) is 0 Å². The second kappa shape index (κ2) is 7.03. The highest BCUT2D eigenvalue weighted by Gasteiger charge is 2.33. The summed E-state index contributed by atoms with van der Waals surface area (Å²) in [6.07, 6.45) is -2.53. The van der Waals surface area contributed by atoms with Crippen molar-refractivity contribution in [2.75, 3.05) is 0 Å². The van der Waals surface area contributed by atoms with Gasteiger partial charge in [0, 0.05) is 11.1 Å². The van der Waals surface area contributed by atoms with Crippen LogP contribution in [0.4, 0.5) is 18.9 Å². The van der Waals surface area contributed by atoms with Crippen molar-refractivity contribution in [1.29, 1.82) is 0 Å². The lowest BCUT2D eigenvalue weighted by Gasteiger charge is -2.09. The molecule has 0 aliphatic carbocycles. The lowest BCUT2D eigenvalue weighted by molar-refractivity contribution is -0.137. The van der Waals surface area contributed by atoms with E-state index in [1.54, 1.807) is 12.1 Å². The molecule has 0 aliphatic heterocycles. The van der Waals surface area contributed by atoms with E-state index in [1.165, 1.54) is 17.7 Å². The van der Waals surface area contributed by atoms with Gasteiger partial charge in [-0.2, -0.15) is 13.2 Å². The fourth-order valence-electron chi connectivity index (χ4n) is 2.13. The largest absolute Gasteiger partial charge is 0.416 e. The summed E-state index contributed by atoms with van der Waals surface area (Å²) < 4.78 is 39.2. The average Bonchev–Trinajstić information content (AvgIpc) is 2.53. The number of hydrogen-bond acceptors (Lipinski definition) is 0. The maximum atomic E-state index is 13.1. The first kappa shape index (κ1) is 16.6. The van der Waals surface area contributed by atoms with Crippen molar-refractivity contribution in [2.45, 2.75) is 25.9 Å². The smallest absolute Gasteiger partial charge is 0.238 e. The van der Waals surface area contributed by atoms with Crippen LogP contribution >= 0.6 is 0 Å². The minimum atomic E-state index is -4.53. The van der Waals surface area contributed by atoms with E-state index >= 15 is 0 Å². The third-order valence-corrected chi connectivity index (χ3v) is 3.27. The molecule has 0 amide bonds. The minimum Gasteiger partial charge on any atom is -0.238 e. The van der Waals surface area contributed by atoms with Crippen LogP contribution in [0.5, 0.6) is 0 Å². The molecular weight excluding hydrogens is 299 g/mol. The van der Waals surface area contributed by atoms with Crippen molar-refractivity contribution in [3.8, 4) is 11.8 Å². The Morgan fingerprint density at radius 1 is 1.04 bits per heavy atom. The number of rotatable bonds is 2. The third kappa shape index (κ3) is 4.37. The molecule has 2 rings (SSSR count). The van der Waals surface area contributed by atoms with Gasteiger partial charge in [0.05, 0.1) is 12.1 Å². The Hall–Kier alpha value is -2.72. The Labute approximate surface area is 133 Å². The summed E-state index contributed by atoms with van der Waals surface area (Å²) in [4.78, 5) is 3.03. The van der Waals surface area contributed by atoms with Crippen molar-refractivity contribution < 1.29 is 13.2 Å². The second-order valence-corrected chi connectivity index (χ2v) is 5.04. The first-order chi connectivity index (χ1) is 10.9. The molecule has 0 spiro atoms. The van der Waals surface area contributed by atoms with Crippen LogP contribution in [0.3, 0.4) is 0 Å². The van der Waals surface area contributed by atoms with Crippen LogP contribution in [0.25, 0.3) is 4.85 Å². The van der Waals surface area contributed by atoms with Gasteiger partial charge in [-0.25, -0.2) is 4.85 Å². The van der Waals surface area contributed by atoms with E-state index in [-0.39, 0.29) is 11.3 Å². The van der Waals surface area contributed by atoms with E-state index in [0.29, 0.717) is 5.56 Å². The number of benzene rings is 2. The molecule has 0 radical (unpaired) electrons. The Morgan fingerprint density at radius 2 is 1.74 bits per heavy atom. The molecule has 0 N–H and O–H groups in total. The van der Waals surface area contributed by atoms with Crippen molar-refractivity contribution in [1.82, 2.24) is 0 Å². The number of alkyl halides is 3. The summed E-state index contributed by atoms with van der Waals surface area (Å²) in [5, 5.41) is 0. The van der Waals surface area contributed by atoms with Gasteiger partial charge in [0.15, 0.2) is 5.69 Å². The summed E-state index contributed by atoms with van der Waals surface area (Å²) in [6.45, 7) is 8.91. The summed E-state index contributed by atoms with van der Waals surface area (Å²) in [6, 6.07) is 10.9. The van der Waals surface area contributed by atoms with E-state index in [9.17, 15) is 13.2 Å². The summed E-state index contributed by atoms with van der Waals surface area (Å²) in [5.74, 6) is 5.32. The fourth-order valence-corrected chi connectivity index (χ4v) is 2.13. The highest BCUT2D eigenvalue weighted by molar-refractivity contribution is 5.56. The molecule has 0 aromatic heterocycles. The normalized spacial score (nSPS) is 10.6. The van der Waals surface area contributed by atoms with E-state index in [4.69, 9.17) is 6.57 Å². The summed E-state index contributed by atoms with van der Waals surface area (Å²) in [5.41, 5.74) is 0.790. The first-order valence-electron chi connectivity index (χ1n) is 7.13. The fraction of sp³-hybridized carbons (Fsp3) is 0.211. The Morgan fingerprint density at radius 3 is 2.30 bits per heavy atom. The zero-order chi connectivity index (χ0) is 16.9. The standard InChI is InChI=1S/C19H14F3N/c1-3-4-14-5-7-15(8-6-14)9-10-16-11-12-17(23-2)13-18(16)19(20,21)22/h5-8,11-13H,3-4H2,1H3. The molecule has 116 valence electrons. The van der Waals surface area contributed by atoms with Gasteiger partial charge in [-0.1, -0.05) is 49.5 Å². The average molecular weight is 313 g/mol. The topological polar surface area (TPSA) is 4.36 Å². The van der Waals surface area contributed by atoms with Crippen LogP contribution in [-0.2, 0) is 12.6 Å². The van der Waals surface area contributed by atoms with Gasteiger partial charge in [0.2, 0.25) is 0 Å². The van der Waals surface area contributed by atoms with Crippen LogP contribution < -0.4 is 0 Å². The van der Waals surface area contributed by atoms with E-state index in [0.717, 1.165) is 18.9 Å². The maximum Gasteiger partial charge on any atom is 0.416 e. The number of aryl methyl sites for hydroxylation is 1. The lowest BCUT2D eigenvalue weighted by atomic mass is 10.0. The molecule has 1 nitrogen and oxygen atoms in total. The van der Waals surface area contributed by atoms with Crippen molar-refractivity contribution in [2.24, 2.45) is 0 Å². The molecule has 0 fully saturated rings. The number of nitrogens with zero attached hydrogens (tertiary/aromatic N) is 1. The molecule has 2 aromatic rings.